The van der Waals surface area contributed by atoms with Crippen LogP contribution in [0.5, 0.6) is 5.75 Å². The van der Waals surface area contributed by atoms with Crippen LogP contribution in [0.2, 0.25) is 0 Å². The number of hydrogen-bond donors (Lipinski definition) is 2. The van der Waals surface area contributed by atoms with Crippen LogP contribution in [0.25, 0.3) is 0 Å². The monoisotopic (exact) mass is 221 g/mol. The van der Waals surface area contributed by atoms with E-state index in [0.717, 1.165) is 12.2 Å². The smallest absolute Gasteiger partial charge is 0.141 e. The fourth-order valence-electron chi connectivity index (χ4n) is 1.55. The molecule has 0 spiro atoms. The van der Waals surface area contributed by atoms with Gasteiger partial charge in [0.15, 0.2) is 0 Å². The number of hydrogen-bond acceptors (Lipinski definition) is 3. The number of ether oxygens (including phenoxy) is 1. The van der Waals surface area contributed by atoms with Crippen LogP contribution >= 0.6 is 0 Å². The molecule has 1 unspecified atom stereocenters. The zero-order valence-electron chi connectivity index (χ0n) is 10.0. The third-order valence-electron chi connectivity index (χ3n) is 2.15. The summed E-state index contributed by atoms with van der Waals surface area (Å²) in [5.41, 5.74) is 5.79. The number of nitrogens with two attached hydrogens (primary N) is 1. The lowest BCUT2D eigenvalue weighted by Gasteiger charge is -2.16. The highest BCUT2D eigenvalue weighted by Crippen LogP contribution is 2.14. The number of rotatable bonds is 5. The van der Waals surface area contributed by atoms with E-state index in [2.05, 4.69) is 18.8 Å². The topological polar surface area (TPSA) is 72.0 Å². The summed E-state index contributed by atoms with van der Waals surface area (Å²) in [5.74, 6) is 1.30. The van der Waals surface area contributed by atoms with Crippen molar-refractivity contribution < 1.29 is 4.74 Å². The number of nitrogens with zero attached hydrogens (tertiary/aromatic N) is 1. The molecular formula is C12H19N3O. The Labute approximate surface area is 96.3 Å². The number of pyridine rings is 1. The average molecular weight is 221 g/mol. The minimum atomic E-state index is -0.0261. The van der Waals surface area contributed by atoms with E-state index < -0.39 is 0 Å². The molecule has 1 aromatic heterocycles. The lowest BCUT2D eigenvalue weighted by molar-refractivity contribution is 0.192. The first kappa shape index (κ1) is 12.5. The second-order valence-corrected chi connectivity index (χ2v) is 4.35. The largest absolute Gasteiger partial charge is 0.489 e. The van der Waals surface area contributed by atoms with Crippen molar-refractivity contribution >= 4 is 5.84 Å². The van der Waals surface area contributed by atoms with Gasteiger partial charge in [-0.15, -0.1) is 0 Å². The molecule has 0 saturated carbocycles. The average Bonchev–Trinajstić information content (AvgIpc) is 2.16. The zero-order valence-corrected chi connectivity index (χ0v) is 10.0. The van der Waals surface area contributed by atoms with Crippen LogP contribution in [0.1, 0.15) is 32.9 Å². The minimum Gasteiger partial charge on any atom is -0.489 e. The molecule has 3 N–H and O–H groups in total. The lowest BCUT2D eigenvalue weighted by Crippen LogP contribution is -2.16. The second-order valence-electron chi connectivity index (χ2n) is 4.35. The van der Waals surface area contributed by atoms with Crippen LogP contribution in [-0.2, 0) is 0 Å². The normalized spacial score (nSPS) is 12.5. The highest BCUT2D eigenvalue weighted by molar-refractivity contribution is 5.92. The Bertz CT molecular complexity index is 346. The first-order chi connectivity index (χ1) is 7.49. The summed E-state index contributed by atoms with van der Waals surface area (Å²) in [6, 6.07) is 3.49. The summed E-state index contributed by atoms with van der Waals surface area (Å²) in [7, 11) is 0. The molecule has 0 fully saturated rings. The molecule has 88 valence electrons. The van der Waals surface area contributed by atoms with Crippen LogP contribution in [0.4, 0.5) is 0 Å². The summed E-state index contributed by atoms with van der Waals surface area (Å²) in [4.78, 5) is 4.04. The Morgan fingerprint density at radius 3 is 2.56 bits per heavy atom. The van der Waals surface area contributed by atoms with Crippen molar-refractivity contribution in [2.24, 2.45) is 11.7 Å². The van der Waals surface area contributed by atoms with Gasteiger partial charge in [-0.3, -0.25) is 5.41 Å². The Hall–Kier alpha value is -1.58. The van der Waals surface area contributed by atoms with Gasteiger partial charge in [0.2, 0.25) is 0 Å². The van der Waals surface area contributed by atoms with Crippen LogP contribution in [0, 0.1) is 11.3 Å². The molecular weight excluding hydrogens is 202 g/mol. The molecule has 1 heterocycles. The van der Waals surface area contributed by atoms with Crippen LogP contribution < -0.4 is 10.5 Å². The van der Waals surface area contributed by atoms with Gasteiger partial charge in [-0.25, -0.2) is 4.98 Å². The van der Waals surface area contributed by atoms with Crippen molar-refractivity contribution in [3.8, 4) is 5.75 Å². The molecule has 1 atom stereocenters. The van der Waals surface area contributed by atoms with Crippen molar-refractivity contribution in [1.29, 1.82) is 5.41 Å². The third-order valence-corrected chi connectivity index (χ3v) is 2.15. The van der Waals surface area contributed by atoms with Gasteiger partial charge in [0, 0.05) is 0 Å². The SMILES string of the molecule is CC(C)CC(C)Oc1ccc(C(=N)N)nc1. The van der Waals surface area contributed by atoms with Gasteiger partial charge in [-0.2, -0.15) is 0 Å². The van der Waals surface area contributed by atoms with E-state index in [1.54, 1.807) is 18.3 Å². The van der Waals surface area contributed by atoms with Gasteiger partial charge in [-0.1, -0.05) is 13.8 Å². The van der Waals surface area contributed by atoms with E-state index in [1.165, 1.54) is 0 Å². The number of amidine groups is 1. The lowest BCUT2D eigenvalue weighted by atomic mass is 10.1. The van der Waals surface area contributed by atoms with Crippen LogP contribution in [0.3, 0.4) is 0 Å². The summed E-state index contributed by atoms with van der Waals surface area (Å²) in [6.45, 7) is 6.37. The summed E-state index contributed by atoms with van der Waals surface area (Å²) < 4.78 is 5.69. The third kappa shape index (κ3) is 3.88. The van der Waals surface area contributed by atoms with Gasteiger partial charge in [-0.05, 0) is 31.4 Å². The molecule has 1 aromatic rings. The molecule has 0 aliphatic carbocycles. The van der Waals surface area contributed by atoms with Gasteiger partial charge < -0.3 is 10.5 Å². The van der Waals surface area contributed by atoms with Gasteiger partial charge in [0.05, 0.1) is 12.3 Å². The predicted molar refractivity (Wildman–Crippen MR) is 64.8 cm³/mol. The second kappa shape index (κ2) is 5.49. The molecule has 0 bridgehead atoms. The summed E-state index contributed by atoms with van der Waals surface area (Å²) >= 11 is 0. The summed E-state index contributed by atoms with van der Waals surface area (Å²) in [6.07, 6.45) is 2.78. The van der Waals surface area contributed by atoms with Gasteiger partial charge in [0.25, 0.3) is 0 Å². The molecule has 4 nitrogen and oxygen atoms in total. The molecule has 0 aliphatic rings. The van der Waals surface area contributed by atoms with Crippen LogP contribution in [0.15, 0.2) is 18.3 Å². The predicted octanol–water partition coefficient (Wildman–Crippen LogP) is 2.18. The van der Waals surface area contributed by atoms with Crippen molar-refractivity contribution in [2.45, 2.75) is 33.3 Å². The molecule has 0 amide bonds. The number of aromatic nitrogens is 1. The standard InChI is InChI=1S/C12H19N3O/c1-8(2)6-9(3)16-10-4-5-11(12(13)14)15-7-10/h4-5,7-9H,6H2,1-3H3,(H3,13,14). The van der Waals surface area contributed by atoms with Gasteiger partial charge in [0.1, 0.15) is 17.3 Å². The summed E-state index contributed by atoms with van der Waals surface area (Å²) in [5, 5.41) is 7.21. The zero-order chi connectivity index (χ0) is 12.1. The Balaban J connectivity index is 2.58. The molecule has 0 saturated heterocycles. The quantitative estimate of drug-likeness (QED) is 0.591. The van der Waals surface area contributed by atoms with E-state index in [0.29, 0.717) is 11.6 Å². The Morgan fingerprint density at radius 2 is 2.12 bits per heavy atom. The number of nitrogens with one attached hydrogen (secondary N) is 1. The Morgan fingerprint density at radius 1 is 1.44 bits per heavy atom. The molecule has 4 heteroatoms. The molecule has 0 aromatic carbocycles. The molecule has 1 rings (SSSR count). The van der Waals surface area contributed by atoms with Crippen molar-refractivity contribution in [1.82, 2.24) is 4.98 Å². The van der Waals surface area contributed by atoms with E-state index >= 15 is 0 Å². The van der Waals surface area contributed by atoms with E-state index in [-0.39, 0.29) is 11.9 Å². The van der Waals surface area contributed by atoms with Crippen molar-refractivity contribution in [2.75, 3.05) is 0 Å². The molecule has 16 heavy (non-hydrogen) atoms. The van der Waals surface area contributed by atoms with Crippen molar-refractivity contribution in [3.63, 3.8) is 0 Å². The van der Waals surface area contributed by atoms with Crippen LogP contribution in [-0.4, -0.2) is 16.9 Å². The van der Waals surface area contributed by atoms with Crippen molar-refractivity contribution in [3.05, 3.63) is 24.0 Å². The number of nitrogen functional groups attached to an aromatic ring is 1. The maximum Gasteiger partial charge on any atom is 0.141 e. The maximum atomic E-state index is 7.21. The maximum absolute atomic E-state index is 7.21. The fraction of sp³-hybridized carbons (Fsp3) is 0.500. The highest BCUT2D eigenvalue weighted by Gasteiger charge is 2.07. The van der Waals surface area contributed by atoms with E-state index in [9.17, 15) is 0 Å². The minimum absolute atomic E-state index is 0.0261. The molecule has 0 aliphatic heterocycles. The highest BCUT2D eigenvalue weighted by atomic mass is 16.5. The fourth-order valence-corrected chi connectivity index (χ4v) is 1.55. The molecule has 0 radical (unpaired) electrons. The van der Waals surface area contributed by atoms with E-state index in [4.69, 9.17) is 15.9 Å². The first-order valence-electron chi connectivity index (χ1n) is 5.46. The Kier molecular flexibility index (Phi) is 4.28. The first-order valence-corrected chi connectivity index (χ1v) is 5.46. The van der Waals surface area contributed by atoms with E-state index in [1.807, 2.05) is 6.92 Å². The van der Waals surface area contributed by atoms with Gasteiger partial charge >= 0.3 is 0 Å².